The van der Waals surface area contributed by atoms with Crippen LogP contribution >= 0.6 is 0 Å². The van der Waals surface area contributed by atoms with E-state index in [0.29, 0.717) is 5.56 Å². The Hall–Kier alpha value is -1.36. The normalized spacial score (nSPS) is 12.6. The first-order valence-corrected chi connectivity index (χ1v) is 6.42. The van der Waals surface area contributed by atoms with Crippen molar-refractivity contribution in [1.29, 1.82) is 0 Å². The second kappa shape index (κ2) is 7.16. The quantitative estimate of drug-likeness (QED) is 0.755. The number of hydrogen-bond donors (Lipinski definition) is 1. The number of unbranched alkanes of at least 4 members (excludes halogenated alkanes) is 2. The Bertz CT molecular complexity index is 476. The summed E-state index contributed by atoms with van der Waals surface area (Å²) >= 11 is 0. The number of H-pyrrole nitrogens is 1. The van der Waals surface area contributed by atoms with E-state index in [1.165, 1.54) is 18.1 Å². The summed E-state index contributed by atoms with van der Waals surface area (Å²) < 4.78 is 6.30. The maximum Gasteiger partial charge on any atom is 0.330 e. The van der Waals surface area contributed by atoms with Crippen LogP contribution in [-0.4, -0.2) is 16.7 Å². The molecule has 18 heavy (non-hydrogen) atoms. The molecular formula is C13H22N2O3. The standard InChI is InChI=1S/C13H22N2O3/c1-4-5-6-7-10(2)11-8-15(9-18-3)13(17)14-12(11)16/h8,10H,4-7,9H2,1-3H3,(H,14,16,17). The number of ether oxygens (including phenoxy) is 1. The molecule has 0 fully saturated rings. The monoisotopic (exact) mass is 254 g/mol. The van der Waals surface area contributed by atoms with Crippen LogP contribution in [0.2, 0.25) is 0 Å². The predicted octanol–water partition coefficient (Wildman–Crippen LogP) is 1.82. The third kappa shape index (κ3) is 3.84. The predicted molar refractivity (Wildman–Crippen MR) is 70.9 cm³/mol. The van der Waals surface area contributed by atoms with Crippen molar-refractivity contribution in [3.8, 4) is 0 Å². The van der Waals surface area contributed by atoms with Gasteiger partial charge >= 0.3 is 5.69 Å². The summed E-state index contributed by atoms with van der Waals surface area (Å²) in [7, 11) is 1.52. The van der Waals surface area contributed by atoms with Gasteiger partial charge in [-0.1, -0.05) is 33.1 Å². The first-order chi connectivity index (χ1) is 8.60. The van der Waals surface area contributed by atoms with Crippen LogP contribution in [-0.2, 0) is 11.5 Å². The fourth-order valence-corrected chi connectivity index (χ4v) is 1.97. The highest BCUT2D eigenvalue weighted by Crippen LogP contribution is 2.18. The van der Waals surface area contributed by atoms with E-state index < -0.39 is 5.69 Å². The summed E-state index contributed by atoms with van der Waals surface area (Å²) in [6, 6.07) is 0. The molecule has 0 spiro atoms. The van der Waals surface area contributed by atoms with E-state index in [-0.39, 0.29) is 18.2 Å². The minimum absolute atomic E-state index is 0.156. The molecule has 1 heterocycles. The van der Waals surface area contributed by atoms with E-state index >= 15 is 0 Å². The van der Waals surface area contributed by atoms with Gasteiger partial charge in [-0.3, -0.25) is 14.3 Å². The third-order valence-corrected chi connectivity index (χ3v) is 3.08. The molecule has 1 N–H and O–H groups in total. The number of hydrogen-bond acceptors (Lipinski definition) is 3. The van der Waals surface area contributed by atoms with Crippen molar-refractivity contribution in [1.82, 2.24) is 9.55 Å². The van der Waals surface area contributed by atoms with Crippen molar-refractivity contribution in [2.24, 2.45) is 0 Å². The maximum absolute atomic E-state index is 11.8. The molecule has 1 aromatic heterocycles. The fourth-order valence-electron chi connectivity index (χ4n) is 1.97. The lowest BCUT2D eigenvalue weighted by Crippen LogP contribution is -2.32. The Morgan fingerprint density at radius 3 is 2.72 bits per heavy atom. The molecule has 1 atom stereocenters. The summed E-state index contributed by atoms with van der Waals surface area (Å²) in [6.45, 7) is 4.32. The zero-order valence-electron chi connectivity index (χ0n) is 11.4. The molecule has 5 nitrogen and oxygen atoms in total. The van der Waals surface area contributed by atoms with Gasteiger partial charge in [-0.25, -0.2) is 4.79 Å². The average molecular weight is 254 g/mol. The maximum atomic E-state index is 11.8. The average Bonchev–Trinajstić information content (AvgIpc) is 2.33. The highest BCUT2D eigenvalue weighted by Gasteiger charge is 2.12. The molecule has 0 radical (unpaired) electrons. The molecule has 0 saturated carbocycles. The SMILES string of the molecule is CCCCCC(C)c1cn(COC)c(=O)[nH]c1=O. The molecule has 0 aliphatic rings. The first-order valence-electron chi connectivity index (χ1n) is 6.42. The van der Waals surface area contributed by atoms with Gasteiger partial charge in [-0.2, -0.15) is 0 Å². The van der Waals surface area contributed by atoms with E-state index in [4.69, 9.17) is 4.74 Å². The molecule has 1 rings (SSSR count). The molecule has 102 valence electrons. The van der Waals surface area contributed by atoms with Crippen molar-refractivity contribution >= 4 is 0 Å². The van der Waals surface area contributed by atoms with Gasteiger partial charge in [-0.05, 0) is 12.3 Å². The molecule has 0 amide bonds. The van der Waals surface area contributed by atoms with Gasteiger partial charge in [0.05, 0.1) is 0 Å². The van der Waals surface area contributed by atoms with Crippen LogP contribution in [0.4, 0.5) is 0 Å². The van der Waals surface area contributed by atoms with Crippen LogP contribution < -0.4 is 11.2 Å². The third-order valence-electron chi connectivity index (χ3n) is 3.08. The van der Waals surface area contributed by atoms with Gasteiger partial charge in [0.15, 0.2) is 0 Å². The molecule has 0 aliphatic carbocycles. The van der Waals surface area contributed by atoms with E-state index in [1.54, 1.807) is 6.20 Å². The van der Waals surface area contributed by atoms with Crippen molar-refractivity contribution in [3.63, 3.8) is 0 Å². The minimum Gasteiger partial charge on any atom is -0.364 e. The zero-order valence-corrected chi connectivity index (χ0v) is 11.4. The van der Waals surface area contributed by atoms with Crippen LogP contribution in [0.3, 0.4) is 0 Å². The summed E-state index contributed by atoms with van der Waals surface area (Å²) in [5.74, 6) is 0.156. The highest BCUT2D eigenvalue weighted by molar-refractivity contribution is 5.10. The Morgan fingerprint density at radius 1 is 1.39 bits per heavy atom. The van der Waals surface area contributed by atoms with Gasteiger partial charge in [-0.15, -0.1) is 0 Å². The Balaban J connectivity index is 2.90. The molecule has 5 heteroatoms. The highest BCUT2D eigenvalue weighted by atomic mass is 16.5. The van der Waals surface area contributed by atoms with E-state index in [2.05, 4.69) is 11.9 Å². The number of methoxy groups -OCH3 is 1. The Morgan fingerprint density at radius 2 is 2.11 bits per heavy atom. The second-order valence-electron chi connectivity index (χ2n) is 4.63. The zero-order chi connectivity index (χ0) is 13.5. The lowest BCUT2D eigenvalue weighted by molar-refractivity contribution is 0.126. The first kappa shape index (κ1) is 14.7. The lowest BCUT2D eigenvalue weighted by atomic mass is 9.97. The number of aromatic nitrogens is 2. The largest absolute Gasteiger partial charge is 0.364 e. The van der Waals surface area contributed by atoms with Crippen LogP contribution in [0, 0.1) is 0 Å². The number of rotatable bonds is 7. The molecule has 0 aromatic carbocycles. The molecule has 0 saturated heterocycles. The van der Waals surface area contributed by atoms with Gasteiger partial charge in [0.1, 0.15) is 6.73 Å². The Kier molecular flexibility index (Phi) is 5.85. The van der Waals surface area contributed by atoms with Gasteiger partial charge in [0.2, 0.25) is 0 Å². The van der Waals surface area contributed by atoms with Crippen LogP contribution in [0.1, 0.15) is 51.0 Å². The van der Waals surface area contributed by atoms with E-state index in [9.17, 15) is 9.59 Å². The number of aromatic amines is 1. The van der Waals surface area contributed by atoms with Crippen LogP contribution in [0.25, 0.3) is 0 Å². The molecular weight excluding hydrogens is 232 g/mol. The summed E-state index contributed by atoms with van der Waals surface area (Å²) in [6.07, 6.45) is 6.00. The van der Waals surface area contributed by atoms with Crippen molar-refractivity contribution in [2.45, 2.75) is 52.2 Å². The molecule has 1 unspecified atom stereocenters. The molecule has 0 bridgehead atoms. The van der Waals surface area contributed by atoms with Crippen LogP contribution in [0.15, 0.2) is 15.8 Å². The van der Waals surface area contributed by atoms with Crippen LogP contribution in [0.5, 0.6) is 0 Å². The topological polar surface area (TPSA) is 64.1 Å². The summed E-state index contributed by atoms with van der Waals surface area (Å²) in [5.41, 5.74) is -0.0505. The van der Waals surface area contributed by atoms with Crippen molar-refractivity contribution in [3.05, 3.63) is 32.6 Å². The van der Waals surface area contributed by atoms with Gasteiger partial charge < -0.3 is 4.74 Å². The van der Waals surface area contributed by atoms with Crippen molar-refractivity contribution < 1.29 is 4.74 Å². The van der Waals surface area contributed by atoms with E-state index in [0.717, 1.165) is 19.3 Å². The molecule has 0 aliphatic heterocycles. The van der Waals surface area contributed by atoms with Gasteiger partial charge in [0, 0.05) is 18.9 Å². The number of nitrogens with one attached hydrogen (secondary N) is 1. The van der Waals surface area contributed by atoms with Crippen molar-refractivity contribution in [2.75, 3.05) is 7.11 Å². The number of nitrogens with zero attached hydrogens (tertiary/aromatic N) is 1. The lowest BCUT2D eigenvalue weighted by Gasteiger charge is -2.12. The smallest absolute Gasteiger partial charge is 0.330 e. The summed E-state index contributed by atoms with van der Waals surface area (Å²) in [5, 5.41) is 0. The second-order valence-corrected chi connectivity index (χ2v) is 4.63. The van der Waals surface area contributed by atoms with Gasteiger partial charge in [0.25, 0.3) is 5.56 Å². The minimum atomic E-state index is -0.425. The summed E-state index contributed by atoms with van der Waals surface area (Å²) in [4.78, 5) is 25.6. The molecule has 1 aromatic rings. The fraction of sp³-hybridized carbons (Fsp3) is 0.692. The Labute approximate surface area is 107 Å². The van der Waals surface area contributed by atoms with E-state index in [1.807, 2.05) is 6.92 Å².